The lowest BCUT2D eigenvalue weighted by molar-refractivity contribution is -0.141. The highest BCUT2D eigenvalue weighted by atomic mass is 32.2. The molecule has 0 rings (SSSR count). The SMILES string of the molecule is CC(=S)SC(O)C(=O)O. The first-order valence-electron chi connectivity index (χ1n) is 2.12. The van der Waals surface area contributed by atoms with E-state index >= 15 is 0 Å². The summed E-state index contributed by atoms with van der Waals surface area (Å²) in [5, 5.41) is 16.7. The molecule has 0 aliphatic carbocycles. The molecule has 52 valence electrons. The number of carbonyl (C=O) groups is 1. The van der Waals surface area contributed by atoms with Gasteiger partial charge in [-0.1, -0.05) is 24.0 Å². The minimum atomic E-state index is -1.41. The van der Waals surface area contributed by atoms with Crippen molar-refractivity contribution in [3.05, 3.63) is 0 Å². The molecule has 0 radical (unpaired) electrons. The highest BCUT2D eigenvalue weighted by Crippen LogP contribution is 2.09. The van der Waals surface area contributed by atoms with Crippen LogP contribution in [-0.4, -0.2) is 25.8 Å². The average Bonchev–Trinajstić information content (AvgIpc) is 1.63. The van der Waals surface area contributed by atoms with Crippen LogP contribution in [0.4, 0.5) is 0 Å². The molecular formula is C4H6O3S2. The quantitative estimate of drug-likeness (QED) is 0.461. The molecule has 5 heteroatoms. The van der Waals surface area contributed by atoms with Gasteiger partial charge in [-0.15, -0.1) is 0 Å². The summed E-state index contributed by atoms with van der Waals surface area (Å²) >= 11 is 5.28. The molecule has 0 spiro atoms. The molecule has 0 bridgehead atoms. The zero-order valence-corrected chi connectivity index (χ0v) is 6.33. The predicted octanol–water partition coefficient (Wildman–Crippen LogP) is 0.470. The Balaban J connectivity index is 3.63. The van der Waals surface area contributed by atoms with Crippen molar-refractivity contribution in [2.75, 3.05) is 0 Å². The number of hydrogen-bond donors (Lipinski definition) is 2. The van der Waals surface area contributed by atoms with Crippen LogP contribution in [0.3, 0.4) is 0 Å². The number of thioether (sulfide) groups is 1. The van der Waals surface area contributed by atoms with Gasteiger partial charge in [-0.3, -0.25) is 0 Å². The first kappa shape index (κ1) is 8.87. The molecule has 0 aromatic heterocycles. The molecule has 0 fully saturated rings. The van der Waals surface area contributed by atoms with Crippen LogP contribution >= 0.6 is 24.0 Å². The fourth-order valence-electron chi connectivity index (χ4n) is 0.208. The Morgan fingerprint density at radius 2 is 2.22 bits per heavy atom. The summed E-state index contributed by atoms with van der Waals surface area (Å²) in [6.45, 7) is 1.56. The Morgan fingerprint density at radius 1 is 1.78 bits per heavy atom. The van der Waals surface area contributed by atoms with Gasteiger partial charge < -0.3 is 10.2 Å². The number of carboxylic acid groups (broad SMARTS) is 1. The van der Waals surface area contributed by atoms with E-state index in [1.54, 1.807) is 6.92 Å². The van der Waals surface area contributed by atoms with Crippen LogP contribution < -0.4 is 0 Å². The Labute approximate surface area is 62.1 Å². The third kappa shape index (κ3) is 4.38. The van der Waals surface area contributed by atoms with Gasteiger partial charge in [0.25, 0.3) is 0 Å². The second kappa shape index (κ2) is 3.81. The summed E-state index contributed by atoms with van der Waals surface area (Å²) in [5.74, 6) is -1.26. The molecule has 0 aliphatic heterocycles. The fraction of sp³-hybridized carbons (Fsp3) is 0.500. The van der Waals surface area contributed by atoms with Gasteiger partial charge in [0.1, 0.15) is 0 Å². The first-order valence-corrected chi connectivity index (χ1v) is 3.41. The van der Waals surface area contributed by atoms with E-state index in [1.165, 1.54) is 0 Å². The normalized spacial score (nSPS) is 12.7. The zero-order chi connectivity index (χ0) is 7.44. The van der Waals surface area contributed by atoms with Crippen molar-refractivity contribution < 1.29 is 15.0 Å². The highest BCUT2D eigenvalue weighted by Gasteiger charge is 2.13. The molecule has 0 amide bonds. The number of aliphatic hydroxyl groups is 1. The van der Waals surface area contributed by atoms with Gasteiger partial charge in [0.05, 0.1) is 0 Å². The van der Waals surface area contributed by atoms with E-state index in [1.807, 2.05) is 0 Å². The highest BCUT2D eigenvalue weighted by molar-refractivity contribution is 8.23. The van der Waals surface area contributed by atoms with Crippen molar-refractivity contribution in [2.45, 2.75) is 12.4 Å². The first-order chi connectivity index (χ1) is 4.04. The summed E-state index contributed by atoms with van der Waals surface area (Å²) in [6, 6.07) is 0. The van der Waals surface area contributed by atoms with E-state index < -0.39 is 11.4 Å². The van der Waals surface area contributed by atoms with Crippen LogP contribution in [0.15, 0.2) is 0 Å². The van der Waals surface area contributed by atoms with Gasteiger partial charge >= 0.3 is 5.97 Å². The fourth-order valence-corrected chi connectivity index (χ4v) is 0.896. The zero-order valence-electron chi connectivity index (χ0n) is 4.70. The average molecular weight is 166 g/mol. The number of hydrogen-bond acceptors (Lipinski definition) is 4. The molecule has 2 N–H and O–H groups in total. The summed E-state index contributed by atoms with van der Waals surface area (Å²) in [4.78, 5) is 9.90. The standard InChI is InChI=1S/C4H6O3S2/c1-2(8)9-4(7)3(5)6/h4,7H,1H3,(H,5,6). The monoisotopic (exact) mass is 166 g/mol. The van der Waals surface area contributed by atoms with Crippen molar-refractivity contribution in [1.82, 2.24) is 0 Å². The van der Waals surface area contributed by atoms with E-state index in [4.69, 9.17) is 10.2 Å². The maximum Gasteiger partial charge on any atom is 0.343 e. The summed E-state index contributed by atoms with van der Waals surface area (Å²) in [6.07, 6.45) is 0. The minimum Gasteiger partial charge on any atom is -0.479 e. The van der Waals surface area contributed by atoms with Crippen LogP contribution in [0.5, 0.6) is 0 Å². The van der Waals surface area contributed by atoms with Crippen molar-refractivity contribution in [1.29, 1.82) is 0 Å². The van der Waals surface area contributed by atoms with Gasteiger partial charge in [-0.2, -0.15) is 0 Å². The lowest BCUT2D eigenvalue weighted by Crippen LogP contribution is -2.15. The van der Waals surface area contributed by atoms with E-state index in [-0.39, 0.29) is 0 Å². The van der Waals surface area contributed by atoms with E-state index in [0.717, 1.165) is 11.8 Å². The Morgan fingerprint density at radius 3 is 2.33 bits per heavy atom. The summed E-state index contributed by atoms with van der Waals surface area (Å²) < 4.78 is 0.421. The summed E-state index contributed by atoms with van der Waals surface area (Å²) in [7, 11) is 0. The molecule has 3 nitrogen and oxygen atoms in total. The van der Waals surface area contributed by atoms with Crippen molar-refractivity contribution in [3.63, 3.8) is 0 Å². The maximum absolute atomic E-state index is 9.90. The molecule has 1 atom stereocenters. The van der Waals surface area contributed by atoms with Crippen LogP contribution in [-0.2, 0) is 4.79 Å². The lowest BCUT2D eigenvalue weighted by atomic mass is 10.7. The smallest absolute Gasteiger partial charge is 0.343 e. The Hall–Kier alpha value is -0.130. The van der Waals surface area contributed by atoms with E-state index in [0.29, 0.717) is 4.20 Å². The number of carboxylic acids is 1. The van der Waals surface area contributed by atoms with Crippen molar-refractivity contribution >= 4 is 34.1 Å². The second-order valence-corrected chi connectivity index (χ2v) is 3.47. The maximum atomic E-state index is 9.90. The third-order valence-electron chi connectivity index (χ3n) is 0.489. The van der Waals surface area contributed by atoms with Gasteiger partial charge in [0, 0.05) is 4.20 Å². The molecule has 9 heavy (non-hydrogen) atoms. The number of aliphatic hydroxyl groups excluding tert-OH is 1. The molecule has 1 unspecified atom stereocenters. The van der Waals surface area contributed by atoms with Gasteiger partial charge in [0.15, 0.2) is 0 Å². The molecular weight excluding hydrogens is 160 g/mol. The van der Waals surface area contributed by atoms with Crippen LogP contribution in [0, 0.1) is 0 Å². The van der Waals surface area contributed by atoms with Gasteiger partial charge in [-0.05, 0) is 6.92 Å². The molecule has 0 aliphatic rings. The van der Waals surface area contributed by atoms with Crippen molar-refractivity contribution in [3.8, 4) is 0 Å². The molecule has 0 heterocycles. The van der Waals surface area contributed by atoms with Crippen LogP contribution in [0.25, 0.3) is 0 Å². The number of thiocarbonyl (C=S) groups is 1. The minimum absolute atomic E-state index is 0.421. The Kier molecular flexibility index (Phi) is 3.76. The number of aliphatic carboxylic acids is 1. The van der Waals surface area contributed by atoms with Gasteiger partial charge in [0.2, 0.25) is 5.44 Å². The van der Waals surface area contributed by atoms with Crippen molar-refractivity contribution in [2.24, 2.45) is 0 Å². The lowest BCUT2D eigenvalue weighted by Gasteiger charge is -2.00. The molecule has 0 aromatic carbocycles. The summed E-state index contributed by atoms with van der Waals surface area (Å²) in [5.41, 5.74) is -1.41. The molecule has 0 saturated carbocycles. The molecule has 0 aromatic rings. The second-order valence-electron chi connectivity index (χ2n) is 1.30. The third-order valence-corrected chi connectivity index (χ3v) is 1.53. The van der Waals surface area contributed by atoms with E-state index in [2.05, 4.69) is 12.2 Å². The molecule has 0 saturated heterocycles. The predicted molar refractivity (Wildman–Crippen MR) is 39.5 cm³/mol. The Bertz CT molecular complexity index is 134. The topological polar surface area (TPSA) is 57.5 Å². The van der Waals surface area contributed by atoms with Crippen LogP contribution in [0.1, 0.15) is 6.92 Å². The van der Waals surface area contributed by atoms with E-state index in [9.17, 15) is 4.79 Å². The number of rotatable bonds is 2. The van der Waals surface area contributed by atoms with Crippen LogP contribution in [0.2, 0.25) is 0 Å². The van der Waals surface area contributed by atoms with Gasteiger partial charge in [-0.25, -0.2) is 4.79 Å². The largest absolute Gasteiger partial charge is 0.479 e.